The molecule has 1 heterocycles. The molecule has 0 atom stereocenters. The van der Waals surface area contributed by atoms with Gasteiger partial charge in [-0.1, -0.05) is 6.08 Å². The van der Waals surface area contributed by atoms with Crippen molar-refractivity contribution in [3.05, 3.63) is 22.4 Å². The van der Waals surface area contributed by atoms with Crippen LogP contribution < -0.4 is 0 Å². The van der Waals surface area contributed by atoms with Crippen molar-refractivity contribution in [2.24, 2.45) is 4.99 Å². The second-order valence-corrected chi connectivity index (χ2v) is 2.78. The molecule has 0 aliphatic heterocycles. The first-order valence-electron chi connectivity index (χ1n) is 3.05. The minimum Gasteiger partial charge on any atom is -0.263 e. The molecular weight excluding hydrogens is 142 g/mol. The fraction of sp³-hybridized carbons (Fsp3) is 0.125. The van der Waals surface area contributed by atoms with E-state index < -0.39 is 0 Å². The molecule has 0 bridgehead atoms. The summed E-state index contributed by atoms with van der Waals surface area (Å²) in [7, 11) is 0. The van der Waals surface area contributed by atoms with Crippen LogP contribution in [0.15, 0.2) is 22.5 Å². The Morgan fingerprint density at radius 2 is 2.50 bits per heavy atom. The van der Waals surface area contributed by atoms with Gasteiger partial charge >= 0.3 is 0 Å². The van der Waals surface area contributed by atoms with Crippen molar-refractivity contribution in [3.8, 4) is 0 Å². The number of aliphatic imine (C=N–C) groups is 1. The molecule has 10 heavy (non-hydrogen) atoms. The fourth-order valence-electron chi connectivity index (χ4n) is 0.721. The third kappa shape index (κ3) is 1.33. The van der Waals surface area contributed by atoms with Crippen LogP contribution in [0.5, 0.6) is 0 Å². The predicted octanol–water partition coefficient (Wildman–Crippen LogP) is 3.11. The molecule has 1 nitrogen and oxygen atoms in total. The van der Waals surface area contributed by atoms with Crippen molar-refractivity contribution in [1.82, 2.24) is 0 Å². The maximum absolute atomic E-state index is 3.86. The third-order valence-corrected chi connectivity index (χ3v) is 2.03. The van der Waals surface area contributed by atoms with Crippen LogP contribution in [0, 0.1) is 0 Å². The normalized spacial score (nSPS) is 10.5. The van der Waals surface area contributed by atoms with Crippen LogP contribution in [0.2, 0.25) is 0 Å². The molecule has 1 aromatic rings. The minimum absolute atomic E-state index is 0.975. The first-order chi connectivity index (χ1) is 4.88. The molecular formula is C8H9NS. The monoisotopic (exact) mass is 151 g/mol. The van der Waals surface area contributed by atoms with Crippen molar-refractivity contribution < 1.29 is 0 Å². The quantitative estimate of drug-likeness (QED) is 0.576. The average Bonchev–Trinajstić information content (AvgIpc) is 2.36. The van der Waals surface area contributed by atoms with Crippen LogP contribution in [0.25, 0.3) is 6.08 Å². The number of allylic oxidation sites excluding steroid dienone is 1. The Bertz CT molecular complexity index is 248. The van der Waals surface area contributed by atoms with Gasteiger partial charge in [-0.25, -0.2) is 0 Å². The van der Waals surface area contributed by atoms with E-state index >= 15 is 0 Å². The molecule has 2 heteroatoms. The van der Waals surface area contributed by atoms with Crippen molar-refractivity contribution in [3.63, 3.8) is 0 Å². The summed E-state index contributed by atoms with van der Waals surface area (Å²) in [4.78, 5) is 5.04. The summed E-state index contributed by atoms with van der Waals surface area (Å²) in [5.41, 5.74) is 0.975. The number of thiophene rings is 1. The van der Waals surface area contributed by atoms with Gasteiger partial charge in [0.05, 0.1) is 10.6 Å². The predicted molar refractivity (Wildman–Crippen MR) is 48.2 cm³/mol. The summed E-state index contributed by atoms with van der Waals surface area (Å²) >= 11 is 1.68. The van der Waals surface area contributed by atoms with Crippen LogP contribution in [-0.4, -0.2) is 6.72 Å². The van der Waals surface area contributed by atoms with E-state index in [1.165, 1.54) is 4.88 Å². The lowest BCUT2D eigenvalue weighted by Gasteiger charge is -1.86. The van der Waals surface area contributed by atoms with Gasteiger partial charge in [-0.3, -0.25) is 4.99 Å². The van der Waals surface area contributed by atoms with Crippen molar-refractivity contribution in [1.29, 1.82) is 0 Å². The van der Waals surface area contributed by atoms with Gasteiger partial charge in [0.1, 0.15) is 0 Å². The van der Waals surface area contributed by atoms with Crippen LogP contribution in [0.3, 0.4) is 0 Å². The fourth-order valence-corrected chi connectivity index (χ4v) is 1.53. The van der Waals surface area contributed by atoms with Gasteiger partial charge in [0.25, 0.3) is 0 Å². The highest BCUT2D eigenvalue weighted by Gasteiger charge is 1.94. The van der Waals surface area contributed by atoms with Crippen molar-refractivity contribution in [2.75, 3.05) is 0 Å². The van der Waals surface area contributed by atoms with E-state index in [0.717, 1.165) is 5.69 Å². The van der Waals surface area contributed by atoms with Crippen LogP contribution in [-0.2, 0) is 0 Å². The molecule has 0 aliphatic rings. The number of nitrogens with zero attached hydrogens (tertiary/aromatic N) is 1. The smallest absolute Gasteiger partial charge is 0.0802 e. The molecule has 0 unspecified atom stereocenters. The van der Waals surface area contributed by atoms with E-state index in [9.17, 15) is 0 Å². The molecule has 0 aromatic carbocycles. The summed E-state index contributed by atoms with van der Waals surface area (Å²) < 4.78 is 0. The third-order valence-electron chi connectivity index (χ3n) is 1.16. The number of hydrogen-bond donors (Lipinski definition) is 0. The Kier molecular flexibility index (Phi) is 2.40. The Morgan fingerprint density at radius 1 is 1.70 bits per heavy atom. The summed E-state index contributed by atoms with van der Waals surface area (Å²) in [5.74, 6) is 0. The number of hydrogen-bond acceptors (Lipinski definition) is 2. The van der Waals surface area contributed by atoms with Gasteiger partial charge in [-0.15, -0.1) is 11.3 Å². The van der Waals surface area contributed by atoms with E-state index in [0.29, 0.717) is 0 Å². The summed E-state index contributed by atoms with van der Waals surface area (Å²) in [6, 6.07) is 1.97. The topological polar surface area (TPSA) is 12.4 Å². The largest absolute Gasteiger partial charge is 0.263 e. The van der Waals surface area contributed by atoms with Crippen LogP contribution in [0.1, 0.15) is 11.8 Å². The zero-order chi connectivity index (χ0) is 7.40. The second kappa shape index (κ2) is 3.32. The van der Waals surface area contributed by atoms with Crippen molar-refractivity contribution >= 4 is 29.8 Å². The Hall–Kier alpha value is -0.890. The SMILES string of the molecule is C=Nc1ccsc1C=CC. The maximum atomic E-state index is 3.86. The first-order valence-corrected chi connectivity index (χ1v) is 3.93. The molecule has 0 aliphatic carbocycles. The maximum Gasteiger partial charge on any atom is 0.0802 e. The van der Waals surface area contributed by atoms with E-state index in [-0.39, 0.29) is 0 Å². The molecule has 0 amide bonds. The van der Waals surface area contributed by atoms with E-state index in [1.807, 2.05) is 30.5 Å². The Morgan fingerprint density at radius 3 is 3.10 bits per heavy atom. The zero-order valence-corrected chi connectivity index (χ0v) is 6.69. The van der Waals surface area contributed by atoms with Crippen LogP contribution >= 0.6 is 11.3 Å². The van der Waals surface area contributed by atoms with Gasteiger partial charge in [-0.2, -0.15) is 0 Å². The lowest BCUT2D eigenvalue weighted by atomic mass is 10.4. The van der Waals surface area contributed by atoms with Crippen LogP contribution in [0.4, 0.5) is 5.69 Å². The molecule has 0 N–H and O–H groups in total. The molecule has 0 saturated carbocycles. The molecule has 0 spiro atoms. The highest BCUT2D eigenvalue weighted by Crippen LogP contribution is 2.25. The highest BCUT2D eigenvalue weighted by molar-refractivity contribution is 7.11. The van der Waals surface area contributed by atoms with E-state index in [1.54, 1.807) is 11.3 Å². The molecule has 52 valence electrons. The lowest BCUT2D eigenvalue weighted by molar-refractivity contribution is 1.61. The zero-order valence-electron chi connectivity index (χ0n) is 5.87. The van der Waals surface area contributed by atoms with E-state index in [4.69, 9.17) is 0 Å². The Labute approximate surface area is 64.7 Å². The van der Waals surface area contributed by atoms with E-state index in [2.05, 4.69) is 11.7 Å². The van der Waals surface area contributed by atoms with Gasteiger partial charge in [-0.05, 0) is 31.2 Å². The number of rotatable bonds is 2. The molecule has 0 radical (unpaired) electrons. The molecule has 0 fully saturated rings. The summed E-state index contributed by atoms with van der Waals surface area (Å²) in [5, 5.41) is 2.01. The molecule has 0 saturated heterocycles. The van der Waals surface area contributed by atoms with Gasteiger partial charge in [0, 0.05) is 0 Å². The average molecular weight is 151 g/mol. The highest BCUT2D eigenvalue weighted by atomic mass is 32.1. The van der Waals surface area contributed by atoms with Gasteiger partial charge in [0.2, 0.25) is 0 Å². The Balaban J connectivity index is 3.00. The lowest BCUT2D eigenvalue weighted by Crippen LogP contribution is -1.58. The molecule has 1 aromatic heterocycles. The van der Waals surface area contributed by atoms with Gasteiger partial charge in [0.15, 0.2) is 0 Å². The summed E-state index contributed by atoms with van der Waals surface area (Å²) in [6.45, 7) is 5.46. The standard InChI is InChI=1S/C8H9NS/c1-3-4-8-7(9-2)5-6-10-8/h3-6H,2H2,1H3. The van der Waals surface area contributed by atoms with Crippen molar-refractivity contribution in [2.45, 2.75) is 6.92 Å². The van der Waals surface area contributed by atoms with Gasteiger partial charge < -0.3 is 0 Å². The second-order valence-electron chi connectivity index (χ2n) is 1.83. The molecule has 1 rings (SSSR count). The summed E-state index contributed by atoms with van der Waals surface area (Å²) in [6.07, 6.45) is 4.04. The first kappa shape index (κ1) is 7.22. The minimum atomic E-state index is 0.975.